The van der Waals surface area contributed by atoms with Gasteiger partial charge in [0.15, 0.2) is 0 Å². The number of aromatic carboxylic acids is 1. The zero-order valence-corrected chi connectivity index (χ0v) is 25.9. The molecule has 3 atom stereocenters. The van der Waals surface area contributed by atoms with Gasteiger partial charge in [-0.1, -0.05) is 24.3 Å². The number of nitrogens with zero attached hydrogens (tertiary/aromatic N) is 2. The van der Waals surface area contributed by atoms with Crippen LogP contribution in [-0.4, -0.2) is 102 Å². The van der Waals surface area contributed by atoms with E-state index in [-0.39, 0.29) is 34.4 Å². The number of amides is 4. The standard InChI is InChI=1S/C31H36N4O8S/c1-17-13-19(10-11-20(17)30(40)41)21-7-5-8-22-23(21)15-44-16-25(29(39)34(3)4)33-27(37)24(14-43-31(22)42)32-28(38)26-9-6-12-35(26)18(2)36/h5,7-8,10-11,13,24-26H,6,9,12,14-16H2,1-4H3,(H,32,38)(H,33,37)(H,40,41)/t24-,25-,26+/m1/s1. The van der Waals surface area contributed by atoms with Gasteiger partial charge in [0.1, 0.15) is 24.7 Å². The normalized spacial score (nSPS) is 20.7. The number of carbonyl (C=O) groups is 6. The number of carbonyl (C=O) groups excluding carboxylic acids is 5. The Morgan fingerprint density at radius 1 is 1.11 bits per heavy atom. The Morgan fingerprint density at radius 3 is 2.50 bits per heavy atom. The highest BCUT2D eigenvalue weighted by atomic mass is 32.2. The molecule has 234 valence electrons. The molecule has 0 aromatic heterocycles. The maximum atomic E-state index is 13.4. The van der Waals surface area contributed by atoms with Gasteiger partial charge < -0.3 is 30.3 Å². The van der Waals surface area contributed by atoms with Gasteiger partial charge in [0.05, 0.1) is 11.1 Å². The summed E-state index contributed by atoms with van der Waals surface area (Å²) in [5.41, 5.74) is 2.99. The molecule has 1 fully saturated rings. The molecule has 4 rings (SSSR count). The maximum Gasteiger partial charge on any atom is 0.338 e. The van der Waals surface area contributed by atoms with Crippen LogP contribution in [0.5, 0.6) is 0 Å². The zero-order chi connectivity index (χ0) is 32.1. The largest absolute Gasteiger partial charge is 0.478 e. The van der Waals surface area contributed by atoms with E-state index in [9.17, 15) is 33.9 Å². The number of esters is 1. The second kappa shape index (κ2) is 13.9. The lowest BCUT2D eigenvalue weighted by molar-refractivity contribution is -0.139. The van der Waals surface area contributed by atoms with Crippen molar-refractivity contribution in [1.82, 2.24) is 20.4 Å². The number of nitrogens with one attached hydrogen (secondary N) is 2. The van der Waals surface area contributed by atoms with E-state index >= 15 is 0 Å². The van der Waals surface area contributed by atoms with E-state index in [0.29, 0.717) is 41.6 Å². The molecule has 2 aliphatic rings. The molecule has 2 heterocycles. The second-order valence-corrected chi connectivity index (χ2v) is 12.0. The summed E-state index contributed by atoms with van der Waals surface area (Å²) >= 11 is 1.33. The van der Waals surface area contributed by atoms with Crippen molar-refractivity contribution in [2.24, 2.45) is 0 Å². The molecule has 4 amide bonds. The van der Waals surface area contributed by atoms with Gasteiger partial charge in [-0.05, 0) is 54.2 Å². The molecule has 0 aliphatic carbocycles. The number of likely N-dealkylation sites (N-methyl/N-ethyl adjacent to an activating group) is 1. The fourth-order valence-corrected chi connectivity index (χ4v) is 6.51. The second-order valence-electron chi connectivity index (χ2n) is 11.0. The molecule has 2 aromatic rings. The molecule has 0 bridgehead atoms. The first-order chi connectivity index (χ1) is 20.9. The topological polar surface area (TPSA) is 162 Å². The smallest absolute Gasteiger partial charge is 0.338 e. The van der Waals surface area contributed by atoms with E-state index in [2.05, 4.69) is 10.6 Å². The van der Waals surface area contributed by atoms with Gasteiger partial charge >= 0.3 is 11.9 Å². The molecular weight excluding hydrogens is 588 g/mol. The van der Waals surface area contributed by atoms with Gasteiger partial charge in [-0.25, -0.2) is 9.59 Å². The Bertz CT molecular complexity index is 1490. The minimum absolute atomic E-state index is 0.167. The monoisotopic (exact) mass is 624 g/mol. The lowest BCUT2D eigenvalue weighted by Crippen LogP contribution is -2.58. The molecule has 44 heavy (non-hydrogen) atoms. The predicted molar refractivity (Wildman–Crippen MR) is 163 cm³/mol. The van der Waals surface area contributed by atoms with Crippen LogP contribution in [0.15, 0.2) is 36.4 Å². The third-order valence-corrected chi connectivity index (χ3v) is 8.79. The van der Waals surface area contributed by atoms with Crippen LogP contribution in [0.2, 0.25) is 0 Å². The summed E-state index contributed by atoms with van der Waals surface area (Å²) in [5.74, 6) is -3.14. The van der Waals surface area contributed by atoms with Crippen molar-refractivity contribution in [2.75, 3.05) is 33.0 Å². The van der Waals surface area contributed by atoms with Crippen molar-refractivity contribution in [1.29, 1.82) is 0 Å². The van der Waals surface area contributed by atoms with Crippen molar-refractivity contribution >= 4 is 47.3 Å². The van der Waals surface area contributed by atoms with Gasteiger partial charge in [-0.3, -0.25) is 19.2 Å². The molecule has 1 saturated heterocycles. The summed E-state index contributed by atoms with van der Waals surface area (Å²) in [6, 6.07) is 7.02. The van der Waals surface area contributed by atoms with Crippen LogP contribution >= 0.6 is 11.8 Å². The van der Waals surface area contributed by atoms with E-state index < -0.39 is 48.5 Å². The first-order valence-corrected chi connectivity index (χ1v) is 15.3. The van der Waals surface area contributed by atoms with Gasteiger partial charge in [0.25, 0.3) is 0 Å². The number of carboxylic acid groups (broad SMARTS) is 1. The van der Waals surface area contributed by atoms with Crippen LogP contribution < -0.4 is 10.6 Å². The van der Waals surface area contributed by atoms with Crippen LogP contribution in [-0.2, 0) is 29.7 Å². The SMILES string of the molecule is CC(=O)N1CCC[C@H]1C(=O)N[C@@H]1COC(=O)c2cccc(-c3ccc(C(=O)O)c(C)c3)c2CSC[C@H](C(=O)N(C)C)NC1=O. The Labute approximate surface area is 259 Å². The fraction of sp³-hybridized carbons (Fsp3) is 0.419. The number of cyclic esters (lactones) is 1. The zero-order valence-electron chi connectivity index (χ0n) is 25.0. The van der Waals surface area contributed by atoms with Crippen molar-refractivity contribution < 1.29 is 38.6 Å². The van der Waals surface area contributed by atoms with E-state index in [0.717, 1.165) is 0 Å². The number of ether oxygens (including phenoxy) is 1. The van der Waals surface area contributed by atoms with E-state index in [1.165, 1.54) is 34.6 Å². The number of hydrogen-bond acceptors (Lipinski definition) is 8. The van der Waals surface area contributed by atoms with Crippen LogP contribution in [0.25, 0.3) is 11.1 Å². The molecule has 13 heteroatoms. The Balaban J connectivity index is 1.69. The van der Waals surface area contributed by atoms with Crippen LogP contribution in [0, 0.1) is 6.92 Å². The van der Waals surface area contributed by atoms with Crippen molar-refractivity contribution in [3.63, 3.8) is 0 Å². The van der Waals surface area contributed by atoms with Crippen LogP contribution in [0.3, 0.4) is 0 Å². The number of fused-ring (bicyclic) bond motifs is 1. The number of thioether (sulfide) groups is 1. The molecule has 0 unspecified atom stereocenters. The van der Waals surface area contributed by atoms with Gasteiger partial charge in [-0.15, -0.1) is 0 Å². The molecular formula is C31H36N4O8S. The number of aryl methyl sites for hydroxylation is 1. The van der Waals surface area contributed by atoms with Crippen molar-refractivity contribution in [3.05, 3.63) is 58.7 Å². The molecule has 0 spiro atoms. The van der Waals surface area contributed by atoms with E-state index in [4.69, 9.17) is 4.74 Å². The third kappa shape index (κ3) is 7.21. The Morgan fingerprint density at radius 2 is 1.84 bits per heavy atom. The average molecular weight is 625 g/mol. The number of hydrogen-bond donors (Lipinski definition) is 3. The minimum atomic E-state index is -1.32. The van der Waals surface area contributed by atoms with Crippen LogP contribution in [0.1, 0.15) is 51.6 Å². The molecule has 2 aliphatic heterocycles. The quantitative estimate of drug-likeness (QED) is 0.422. The van der Waals surface area contributed by atoms with Gasteiger partial charge in [0.2, 0.25) is 23.6 Å². The summed E-state index contributed by atoms with van der Waals surface area (Å²) in [4.78, 5) is 79.5. The van der Waals surface area contributed by atoms with Crippen LogP contribution in [0.4, 0.5) is 0 Å². The predicted octanol–water partition coefficient (Wildman–Crippen LogP) is 1.83. The summed E-state index contributed by atoms with van der Waals surface area (Å²) in [7, 11) is 3.15. The maximum absolute atomic E-state index is 13.4. The summed E-state index contributed by atoms with van der Waals surface area (Å²) < 4.78 is 5.59. The highest BCUT2D eigenvalue weighted by Gasteiger charge is 2.36. The number of carboxylic acids is 1. The average Bonchev–Trinajstić information content (AvgIpc) is 3.48. The molecule has 0 radical (unpaired) electrons. The molecule has 0 saturated carbocycles. The molecule has 2 aromatic carbocycles. The van der Waals surface area contributed by atoms with Gasteiger partial charge in [0, 0.05) is 39.1 Å². The van der Waals surface area contributed by atoms with E-state index in [1.54, 1.807) is 45.3 Å². The summed E-state index contributed by atoms with van der Waals surface area (Å²) in [5, 5.41) is 14.8. The lowest BCUT2D eigenvalue weighted by Gasteiger charge is -2.28. The Hall–Kier alpha value is -4.39. The summed E-state index contributed by atoms with van der Waals surface area (Å²) in [6.07, 6.45) is 1.07. The highest BCUT2D eigenvalue weighted by molar-refractivity contribution is 7.98. The minimum Gasteiger partial charge on any atom is -0.478 e. The van der Waals surface area contributed by atoms with Gasteiger partial charge in [-0.2, -0.15) is 11.8 Å². The number of benzene rings is 2. The fourth-order valence-electron chi connectivity index (χ4n) is 5.42. The molecule has 12 nitrogen and oxygen atoms in total. The number of likely N-dealkylation sites (tertiary alicyclic amines) is 1. The van der Waals surface area contributed by atoms with Crippen molar-refractivity contribution in [3.8, 4) is 11.1 Å². The summed E-state index contributed by atoms with van der Waals surface area (Å²) in [6.45, 7) is 2.99. The Kier molecular flexibility index (Phi) is 10.3. The number of rotatable bonds is 5. The van der Waals surface area contributed by atoms with Crippen molar-refractivity contribution in [2.45, 2.75) is 50.6 Å². The first-order valence-electron chi connectivity index (χ1n) is 14.2. The molecule has 3 N–H and O–H groups in total. The lowest BCUT2D eigenvalue weighted by atomic mass is 9.94. The third-order valence-electron chi connectivity index (χ3n) is 7.72. The highest BCUT2D eigenvalue weighted by Crippen LogP contribution is 2.32. The first kappa shape index (κ1) is 32.5. The van der Waals surface area contributed by atoms with E-state index in [1.807, 2.05) is 6.07 Å².